The van der Waals surface area contributed by atoms with Crippen LogP contribution in [0.4, 0.5) is 0 Å². The van der Waals surface area contributed by atoms with E-state index in [1.807, 2.05) is 22.7 Å². The summed E-state index contributed by atoms with van der Waals surface area (Å²) in [7, 11) is 0. The molecular formula is C31H19BrS2. The molecule has 0 nitrogen and oxygen atoms in total. The molecule has 4 aromatic carbocycles. The first kappa shape index (κ1) is 20.4. The van der Waals surface area contributed by atoms with E-state index in [1.54, 1.807) is 0 Å². The third kappa shape index (κ3) is 3.23. The maximum Gasteiger partial charge on any atom is 0.0433 e. The molecule has 0 N–H and O–H groups in total. The van der Waals surface area contributed by atoms with E-state index in [0.29, 0.717) is 0 Å². The lowest BCUT2D eigenvalue weighted by molar-refractivity contribution is 1.44. The summed E-state index contributed by atoms with van der Waals surface area (Å²) in [4.78, 5) is 1.35. The fourth-order valence-electron chi connectivity index (χ4n) is 4.99. The van der Waals surface area contributed by atoms with E-state index < -0.39 is 0 Å². The lowest BCUT2D eigenvalue weighted by Gasteiger charge is -2.10. The van der Waals surface area contributed by atoms with Crippen molar-refractivity contribution in [3.8, 4) is 22.3 Å². The molecule has 0 aliphatic heterocycles. The van der Waals surface area contributed by atoms with Crippen molar-refractivity contribution in [2.45, 2.75) is 6.42 Å². The van der Waals surface area contributed by atoms with Gasteiger partial charge in [0.05, 0.1) is 0 Å². The Labute approximate surface area is 214 Å². The fraction of sp³-hybridized carbons (Fsp3) is 0.0323. The minimum absolute atomic E-state index is 1.00. The van der Waals surface area contributed by atoms with Gasteiger partial charge in [-0.15, -0.1) is 22.7 Å². The summed E-state index contributed by atoms with van der Waals surface area (Å²) >= 11 is 7.60. The van der Waals surface area contributed by atoms with Crippen LogP contribution in [0, 0.1) is 0 Å². The zero-order chi connectivity index (χ0) is 22.6. The second-order valence-corrected chi connectivity index (χ2v) is 11.6. The SMILES string of the molecule is Brc1cc(-c2cccc3c4c(sc23)C=CCC=C4)cc(-c2cccc3c2sc2ccccc23)c1. The number of hydrogen-bond acceptors (Lipinski definition) is 2. The summed E-state index contributed by atoms with van der Waals surface area (Å²) < 4.78 is 5.15. The molecule has 0 saturated carbocycles. The maximum absolute atomic E-state index is 3.82. The van der Waals surface area contributed by atoms with Crippen molar-refractivity contribution in [2.75, 3.05) is 0 Å². The van der Waals surface area contributed by atoms with Crippen molar-refractivity contribution >= 4 is 81.0 Å². The van der Waals surface area contributed by atoms with Crippen molar-refractivity contribution in [3.05, 3.63) is 106 Å². The van der Waals surface area contributed by atoms with E-state index in [9.17, 15) is 0 Å². The van der Waals surface area contributed by atoms with Crippen LogP contribution in [0.5, 0.6) is 0 Å². The molecule has 3 heteroatoms. The van der Waals surface area contributed by atoms with E-state index >= 15 is 0 Å². The zero-order valence-electron chi connectivity index (χ0n) is 18.2. The maximum atomic E-state index is 3.82. The number of fused-ring (bicyclic) bond motifs is 6. The molecule has 2 aromatic heterocycles. The van der Waals surface area contributed by atoms with Crippen LogP contribution in [0.1, 0.15) is 16.9 Å². The Balaban J connectivity index is 1.45. The summed E-state index contributed by atoms with van der Waals surface area (Å²) in [5.74, 6) is 0. The van der Waals surface area contributed by atoms with Crippen LogP contribution in [0.15, 0.2) is 95.5 Å². The molecule has 0 saturated heterocycles. The fourth-order valence-corrected chi connectivity index (χ4v) is 7.98. The van der Waals surface area contributed by atoms with Gasteiger partial charge >= 0.3 is 0 Å². The Morgan fingerprint density at radius 3 is 2.12 bits per heavy atom. The van der Waals surface area contributed by atoms with Crippen LogP contribution in [-0.4, -0.2) is 0 Å². The molecule has 162 valence electrons. The van der Waals surface area contributed by atoms with Crippen molar-refractivity contribution in [3.63, 3.8) is 0 Å². The predicted octanol–water partition coefficient (Wildman–Crippen LogP) is 10.8. The summed E-state index contributed by atoms with van der Waals surface area (Å²) in [5, 5.41) is 4.02. The molecule has 0 radical (unpaired) electrons. The van der Waals surface area contributed by atoms with Crippen LogP contribution in [0.25, 0.3) is 64.7 Å². The standard InChI is InChI=1S/C31H19BrS2/c32-21-17-19(22-10-6-12-26-24-8-2-1-3-14-28(24)33-30(22)26)16-20(18-21)23-11-7-13-27-25-9-4-5-15-29(25)34-31(23)27/h2-18H,1H2. The Morgan fingerprint density at radius 2 is 1.29 bits per heavy atom. The molecule has 2 heterocycles. The Kier molecular flexibility index (Phi) is 4.83. The largest absolute Gasteiger partial charge is 0.135 e. The van der Waals surface area contributed by atoms with E-state index in [4.69, 9.17) is 0 Å². The number of allylic oxidation sites excluding steroid dienone is 2. The van der Waals surface area contributed by atoms with E-state index in [-0.39, 0.29) is 0 Å². The highest BCUT2D eigenvalue weighted by atomic mass is 79.9. The molecule has 1 aliphatic carbocycles. The summed E-state index contributed by atoms with van der Waals surface area (Å²) in [6, 6.07) is 29.0. The number of benzene rings is 4. The van der Waals surface area contributed by atoms with Crippen molar-refractivity contribution in [2.24, 2.45) is 0 Å². The van der Waals surface area contributed by atoms with Gasteiger partial charge in [0.1, 0.15) is 0 Å². The quantitative estimate of drug-likeness (QED) is 0.207. The number of hydrogen-bond donors (Lipinski definition) is 0. The highest BCUT2D eigenvalue weighted by Crippen LogP contribution is 2.44. The van der Waals surface area contributed by atoms with Gasteiger partial charge in [0.25, 0.3) is 0 Å². The lowest BCUT2D eigenvalue weighted by Crippen LogP contribution is -1.84. The average Bonchev–Trinajstić information content (AvgIpc) is 3.32. The molecule has 7 rings (SSSR count). The summed E-state index contributed by atoms with van der Waals surface area (Å²) in [6.45, 7) is 0. The molecule has 0 amide bonds. The molecular weight excluding hydrogens is 516 g/mol. The second-order valence-electron chi connectivity index (χ2n) is 8.61. The second kappa shape index (κ2) is 8.06. The van der Waals surface area contributed by atoms with Gasteiger partial charge in [-0.1, -0.05) is 88.8 Å². The number of rotatable bonds is 2. The summed E-state index contributed by atoms with van der Waals surface area (Å²) in [5.41, 5.74) is 6.43. The Morgan fingerprint density at radius 1 is 0.618 bits per heavy atom. The van der Waals surface area contributed by atoms with Crippen LogP contribution in [0.3, 0.4) is 0 Å². The minimum atomic E-state index is 1.00. The van der Waals surface area contributed by atoms with Crippen molar-refractivity contribution in [1.29, 1.82) is 0 Å². The Hall–Kier alpha value is -2.98. The van der Waals surface area contributed by atoms with Crippen LogP contribution >= 0.6 is 38.6 Å². The van der Waals surface area contributed by atoms with Crippen molar-refractivity contribution < 1.29 is 0 Å². The first-order valence-electron chi connectivity index (χ1n) is 11.4. The van der Waals surface area contributed by atoms with Gasteiger partial charge in [0, 0.05) is 45.2 Å². The highest BCUT2D eigenvalue weighted by Gasteiger charge is 2.16. The van der Waals surface area contributed by atoms with E-state index in [1.165, 1.54) is 63.0 Å². The van der Waals surface area contributed by atoms with Gasteiger partial charge in [-0.2, -0.15) is 0 Å². The topological polar surface area (TPSA) is 0 Å². The predicted molar refractivity (Wildman–Crippen MR) is 156 cm³/mol. The highest BCUT2D eigenvalue weighted by molar-refractivity contribution is 9.10. The number of halogens is 1. The third-order valence-corrected chi connectivity index (χ3v) is 9.43. The van der Waals surface area contributed by atoms with Crippen molar-refractivity contribution in [1.82, 2.24) is 0 Å². The zero-order valence-corrected chi connectivity index (χ0v) is 21.4. The molecule has 0 unspecified atom stereocenters. The minimum Gasteiger partial charge on any atom is -0.135 e. The van der Waals surface area contributed by atoms with Gasteiger partial charge in [-0.3, -0.25) is 0 Å². The average molecular weight is 536 g/mol. The molecule has 0 atom stereocenters. The monoisotopic (exact) mass is 534 g/mol. The van der Waals surface area contributed by atoms with Crippen LogP contribution in [-0.2, 0) is 0 Å². The molecule has 34 heavy (non-hydrogen) atoms. The molecule has 0 spiro atoms. The molecule has 1 aliphatic rings. The molecule has 0 bridgehead atoms. The Bertz CT molecular complexity index is 1800. The normalized spacial score (nSPS) is 13.1. The summed E-state index contributed by atoms with van der Waals surface area (Å²) in [6.07, 6.45) is 10.1. The molecule has 0 fully saturated rings. The number of thiophene rings is 2. The van der Waals surface area contributed by atoms with Gasteiger partial charge in [-0.05, 0) is 59.0 Å². The van der Waals surface area contributed by atoms with Gasteiger partial charge in [0.2, 0.25) is 0 Å². The van der Waals surface area contributed by atoms with E-state index in [0.717, 1.165) is 10.9 Å². The van der Waals surface area contributed by atoms with E-state index in [2.05, 4.69) is 119 Å². The smallest absolute Gasteiger partial charge is 0.0433 e. The van der Waals surface area contributed by atoms with Gasteiger partial charge in [0.15, 0.2) is 0 Å². The lowest BCUT2D eigenvalue weighted by atomic mass is 9.96. The first-order valence-corrected chi connectivity index (χ1v) is 13.8. The third-order valence-electron chi connectivity index (χ3n) is 6.53. The van der Waals surface area contributed by atoms with Crippen LogP contribution < -0.4 is 0 Å². The van der Waals surface area contributed by atoms with Crippen LogP contribution in [0.2, 0.25) is 0 Å². The van der Waals surface area contributed by atoms with Gasteiger partial charge < -0.3 is 0 Å². The molecule has 6 aromatic rings. The van der Waals surface area contributed by atoms with Gasteiger partial charge in [-0.25, -0.2) is 0 Å². The first-order chi connectivity index (χ1) is 16.8.